The Morgan fingerprint density at radius 3 is 2.58 bits per heavy atom. The van der Waals surface area contributed by atoms with Crippen LogP contribution in [0.2, 0.25) is 0 Å². The lowest BCUT2D eigenvalue weighted by molar-refractivity contribution is 1.05. The Kier molecular flexibility index (Phi) is 3.02. The molecule has 0 spiro atoms. The fourth-order valence-corrected chi connectivity index (χ4v) is 1.93. The second kappa shape index (κ2) is 4.97. The van der Waals surface area contributed by atoms with E-state index in [1.54, 1.807) is 12.7 Å². The van der Waals surface area contributed by atoms with Crippen molar-refractivity contribution in [2.45, 2.75) is 13.5 Å². The maximum absolute atomic E-state index is 4.26. The summed E-state index contributed by atoms with van der Waals surface area (Å²) in [4.78, 5) is 14.4. The van der Waals surface area contributed by atoms with Crippen molar-refractivity contribution in [2.75, 3.05) is 5.32 Å². The van der Waals surface area contributed by atoms with Crippen LogP contribution < -0.4 is 5.32 Å². The largest absolute Gasteiger partial charge is 0.379 e. The number of hydrogen-bond acceptors (Lipinski definition) is 3. The number of aromatic amines is 2. The second-order valence-electron chi connectivity index (χ2n) is 4.37. The minimum Gasteiger partial charge on any atom is -0.379 e. The third-order valence-electron chi connectivity index (χ3n) is 3.09. The topological polar surface area (TPSA) is 69.4 Å². The number of rotatable bonds is 4. The average molecular weight is 253 g/mol. The molecule has 0 aliphatic carbocycles. The minimum atomic E-state index is 0.721. The van der Waals surface area contributed by atoms with Crippen molar-refractivity contribution in [3.05, 3.63) is 54.5 Å². The minimum absolute atomic E-state index is 0.721. The van der Waals surface area contributed by atoms with Gasteiger partial charge in [-0.3, -0.25) is 0 Å². The van der Waals surface area contributed by atoms with Gasteiger partial charge < -0.3 is 15.3 Å². The fourth-order valence-electron chi connectivity index (χ4n) is 1.93. The van der Waals surface area contributed by atoms with Crippen molar-refractivity contribution < 1.29 is 0 Å². The van der Waals surface area contributed by atoms with Crippen molar-refractivity contribution in [2.24, 2.45) is 0 Å². The van der Waals surface area contributed by atoms with Crippen LogP contribution in [0.25, 0.3) is 11.3 Å². The molecule has 0 aliphatic rings. The van der Waals surface area contributed by atoms with E-state index in [0.29, 0.717) is 0 Å². The molecule has 0 unspecified atom stereocenters. The third-order valence-corrected chi connectivity index (χ3v) is 3.09. The highest BCUT2D eigenvalue weighted by Gasteiger charge is 2.01. The number of aromatic nitrogens is 4. The van der Waals surface area contributed by atoms with Gasteiger partial charge in [0.05, 0.1) is 36.8 Å². The van der Waals surface area contributed by atoms with E-state index in [4.69, 9.17) is 0 Å². The molecule has 5 nitrogen and oxygen atoms in total. The van der Waals surface area contributed by atoms with Crippen LogP contribution in [0.15, 0.2) is 43.1 Å². The van der Waals surface area contributed by atoms with Crippen molar-refractivity contribution >= 4 is 5.69 Å². The van der Waals surface area contributed by atoms with Gasteiger partial charge in [0.1, 0.15) is 0 Å². The van der Waals surface area contributed by atoms with Crippen LogP contribution in [-0.2, 0) is 6.54 Å². The van der Waals surface area contributed by atoms with E-state index < -0.39 is 0 Å². The summed E-state index contributed by atoms with van der Waals surface area (Å²) >= 11 is 0. The number of imidazole rings is 2. The molecule has 5 heteroatoms. The number of benzene rings is 1. The zero-order chi connectivity index (χ0) is 13.1. The first-order valence-electron chi connectivity index (χ1n) is 6.14. The first-order chi connectivity index (χ1) is 9.33. The molecular formula is C14H15N5. The molecule has 96 valence electrons. The quantitative estimate of drug-likeness (QED) is 0.669. The Bertz CT molecular complexity index is 637. The monoisotopic (exact) mass is 253 g/mol. The van der Waals surface area contributed by atoms with Gasteiger partial charge in [0.2, 0.25) is 0 Å². The Balaban J connectivity index is 1.68. The predicted octanol–water partition coefficient (Wildman–Crippen LogP) is 2.72. The normalized spacial score (nSPS) is 10.6. The summed E-state index contributed by atoms with van der Waals surface area (Å²) in [6.07, 6.45) is 5.21. The summed E-state index contributed by atoms with van der Waals surface area (Å²) in [6.45, 7) is 2.74. The van der Waals surface area contributed by atoms with Crippen molar-refractivity contribution in [3.8, 4) is 11.3 Å². The van der Waals surface area contributed by atoms with Crippen molar-refractivity contribution in [1.29, 1.82) is 0 Å². The smallest absolute Gasteiger partial charge is 0.0925 e. The molecule has 0 aliphatic heterocycles. The molecule has 3 aromatic rings. The van der Waals surface area contributed by atoms with Gasteiger partial charge in [-0.15, -0.1) is 0 Å². The lowest BCUT2D eigenvalue weighted by atomic mass is 10.1. The Morgan fingerprint density at radius 2 is 1.95 bits per heavy atom. The van der Waals surface area contributed by atoms with E-state index in [2.05, 4.69) is 49.5 Å². The molecule has 0 fully saturated rings. The molecule has 2 heterocycles. The van der Waals surface area contributed by atoms with Crippen molar-refractivity contribution in [1.82, 2.24) is 19.9 Å². The molecule has 0 saturated carbocycles. The molecule has 0 radical (unpaired) electrons. The summed E-state index contributed by atoms with van der Waals surface area (Å²) in [5, 5.41) is 3.35. The van der Waals surface area contributed by atoms with Gasteiger partial charge >= 0.3 is 0 Å². The highest BCUT2D eigenvalue weighted by molar-refractivity contribution is 5.61. The maximum atomic E-state index is 4.26. The van der Waals surface area contributed by atoms with E-state index in [9.17, 15) is 0 Å². The van der Waals surface area contributed by atoms with Gasteiger partial charge in [0.15, 0.2) is 0 Å². The van der Waals surface area contributed by atoms with E-state index >= 15 is 0 Å². The number of aryl methyl sites for hydroxylation is 1. The summed E-state index contributed by atoms with van der Waals surface area (Å²) in [7, 11) is 0. The summed E-state index contributed by atoms with van der Waals surface area (Å²) in [5.74, 6) is 0. The van der Waals surface area contributed by atoms with Gasteiger partial charge in [-0.25, -0.2) is 9.97 Å². The molecule has 0 amide bonds. The Hall–Kier alpha value is -2.56. The van der Waals surface area contributed by atoms with Gasteiger partial charge in [0.25, 0.3) is 0 Å². The molecule has 1 aromatic carbocycles. The standard InChI is InChI=1S/C14H15N5/c1-10-13(19-9-17-10)7-16-12-4-2-11(3-5-12)14-6-15-8-18-14/h2-6,8-9,16H,7H2,1H3,(H,15,18)(H,17,19). The summed E-state index contributed by atoms with van der Waals surface area (Å²) in [6, 6.07) is 8.23. The number of hydrogen-bond donors (Lipinski definition) is 3. The van der Waals surface area contributed by atoms with Crippen LogP contribution in [-0.4, -0.2) is 19.9 Å². The number of nitrogens with zero attached hydrogens (tertiary/aromatic N) is 2. The Morgan fingerprint density at radius 1 is 1.11 bits per heavy atom. The van der Waals surface area contributed by atoms with Crippen LogP contribution in [0.4, 0.5) is 5.69 Å². The van der Waals surface area contributed by atoms with Gasteiger partial charge in [-0.05, 0) is 24.6 Å². The molecule has 0 bridgehead atoms. The maximum Gasteiger partial charge on any atom is 0.0925 e. The zero-order valence-electron chi connectivity index (χ0n) is 10.6. The summed E-state index contributed by atoms with van der Waals surface area (Å²) < 4.78 is 0. The highest BCUT2D eigenvalue weighted by Crippen LogP contribution is 2.19. The van der Waals surface area contributed by atoms with Crippen LogP contribution in [0.1, 0.15) is 11.4 Å². The highest BCUT2D eigenvalue weighted by atomic mass is 14.9. The second-order valence-corrected chi connectivity index (χ2v) is 4.37. The predicted molar refractivity (Wildman–Crippen MR) is 74.7 cm³/mol. The molecular weight excluding hydrogens is 238 g/mol. The SMILES string of the molecule is Cc1[nH]cnc1CNc1ccc(-c2cnc[nH]2)cc1. The molecule has 3 rings (SSSR count). The first kappa shape index (κ1) is 11.5. The first-order valence-corrected chi connectivity index (χ1v) is 6.14. The lowest BCUT2D eigenvalue weighted by Crippen LogP contribution is -2.01. The van der Waals surface area contributed by atoms with Crippen LogP contribution in [0.5, 0.6) is 0 Å². The zero-order valence-corrected chi connectivity index (χ0v) is 10.6. The van der Waals surface area contributed by atoms with Gasteiger partial charge in [-0.2, -0.15) is 0 Å². The van der Waals surface area contributed by atoms with Crippen LogP contribution in [0.3, 0.4) is 0 Å². The number of H-pyrrole nitrogens is 2. The van der Waals surface area contributed by atoms with E-state index in [0.717, 1.165) is 34.9 Å². The van der Waals surface area contributed by atoms with Gasteiger partial charge in [0, 0.05) is 11.4 Å². The summed E-state index contributed by atoms with van der Waals surface area (Å²) in [5.41, 5.74) is 5.36. The van der Waals surface area contributed by atoms with E-state index in [1.807, 2.05) is 13.1 Å². The molecule has 0 saturated heterocycles. The molecule has 2 aromatic heterocycles. The fraction of sp³-hybridized carbons (Fsp3) is 0.143. The molecule has 19 heavy (non-hydrogen) atoms. The van der Waals surface area contributed by atoms with Gasteiger partial charge in [-0.1, -0.05) is 12.1 Å². The number of nitrogens with one attached hydrogen (secondary N) is 3. The number of anilines is 1. The third kappa shape index (κ3) is 2.49. The van der Waals surface area contributed by atoms with Crippen LogP contribution >= 0.6 is 0 Å². The molecule has 0 atom stereocenters. The lowest BCUT2D eigenvalue weighted by Gasteiger charge is -2.06. The van der Waals surface area contributed by atoms with Crippen molar-refractivity contribution in [3.63, 3.8) is 0 Å². The van der Waals surface area contributed by atoms with E-state index in [1.165, 1.54) is 0 Å². The molecule has 3 N–H and O–H groups in total. The average Bonchev–Trinajstić information content (AvgIpc) is 3.09. The van der Waals surface area contributed by atoms with E-state index in [-0.39, 0.29) is 0 Å². The van der Waals surface area contributed by atoms with Crippen LogP contribution in [0, 0.1) is 6.92 Å². The Labute approximate surface area is 111 Å².